The topological polar surface area (TPSA) is 133 Å². The summed E-state index contributed by atoms with van der Waals surface area (Å²) in [6, 6.07) is 17.8. The Morgan fingerprint density at radius 3 is 1.78 bits per heavy atom. The van der Waals surface area contributed by atoms with Crippen LogP contribution in [0.25, 0.3) is 6.08 Å². The number of carbonyl (C=O) groups is 4. The summed E-state index contributed by atoms with van der Waals surface area (Å²) in [6.45, 7) is 9.73. The Labute approximate surface area is 382 Å². The lowest BCUT2D eigenvalue weighted by molar-refractivity contribution is -0.154. The highest BCUT2D eigenvalue weighted by Crippen LogP contribution is 2.30. The normalized spacial score (nSPS) is 11.3. The van der Waals surface area contributed by atoms with Gasteiger partial charge in [-0.1, -0.05) is 89.8 Å². The van der Waals surface area contributed by atoms with E-state index < -0.39 is 23.3 Å². The van der Waals surface area contributed by atoms with Crippen LogP contribution >= 0.6 is 0 Å². The van der Waals surface area contributed by atoms with Crippen molar-refractivity contribution in [2.24, 2.45) is 5.41 Å². The van der Waals surface area contributed by atoms with Gasteiger partial charge >= 0.3 is 23.9 Å². The summed E-state index contributed by atoms with van der Waals surface area (Å²) in [5, 5.41) is 0. The van der Waals surface area contributed by atoms with Crippen LogP contribution in [0.15, 0.2) is 66.7 Å². The highest BCUT2D eigenvalue weighted by molar-refractivity contribution is 5.96. The minimum Gasteiger partial charge on any atom is -0.494 e. The molecule has 0 spiro atoms. The molecule has 0 bridgehead atoms. The number of carbonyl (C=O) groups excluding carboxylic acids is 4. The molecule has 3 aromatic rings. The van der Waals surface area contributed by atoms with Crippen LogP contribution in [0.4, 0.5) is 0 Å². The van der Waals surface area contributed by atoms with Crippen LogP contribution in [-0.4, -0.2) is 64.5 Å². The van der Waals surface area contributed by atoms with Gasteiger partial charge in [0.25, 0.3) is 0 Å². The summed E-state index contributed by atoms with van der Waals surface area (Å²) in [7, 11) is 2.91. The SMILES string of the molecule is CCCCCc1ccc(C(=O)Oc2ccc(OCCCCCCOc3ccc(/C=C/C(=O)OC)cc3OC)cc2C(=O)OCCCCCCCCCCCOC(=O)C(C)(C)CC)cc1. The van der Waals surface area contributed by atoms with Crippen molar-refractivity contribution >= 4 is 30.0 Å². The number of benzene rings is 3. The van der Waals surface area contributed by atoms with Crippen molar-refractivity contribution in [2.75, 3.05) is 40.6 Å². The van der Waals surface area contributed by atoms with Crippen molar-refractivity contribution in [3.05, 3.63) is 89.0 Å². The first-order chi connectivity index (χ1) is 31.0. The van der Waals surface area contributed by atoms with E-state index in [4.69, 9.17) is 28.4 Å². The summed E-state index contributed by atoms with van der Waals surface area (Å²) in [5.74, 6) is 0.168. The van der Waals surface area contributed by atoms with E-state index in [-0.39, 0.29) is 23.9 Å². The lowest BCUT2D eigenvalue weighted by Crippen LogP contribution is -2.26. The fourth-order valence-corrected chi connectivity index (χ4v) is 6.65. The number of methoxy groups -OCH3 is 2. The van der Waals surface area contributed by atoms with Crippen LogP contribution in [0.5, 0.6) is 23.0 Å². The van der Waals surface area contributed by atoms with Crippen LogP contribution in [-0.2, 0) is 30.2 Å². The van der Waals surface area contributed by atoms with Gasteiger partial charge in [-0.3, -0.25) is 4.79 Å². The van der Waals surface area contributed by atoms with E-state index in [9.17, 15) is 19.2 Å². The van der Waals surface area contributed by atoms with Gasteiger partial charge in [0.15, 0.2) is 11.5 Å². The molecule has 3 rings (SSSR count). The lowest BCUT2D eigenvalue weighted by atomic mass is 9.91. The van der Waals surface area contributed by atoms with Crippen LogP contribution in [0.3, 0.4) is 0 Å². The first-order valence-electron chi connectivity index (χ1n) is 23.5. The van der Waals surface area contributed by atoms with E-state index in [1.165, 1.54) is 18.7 Å². The molecule has 11 heteroatoms. The average Bonchev–Trinajstić information content (AvgIpc) is 3.31. The van der Waals surface area contributed by atoms with Gasteiger partial charge in [0.1, 0.15) is 17.1 Å². The fraction of sp³-hybridized carbons (Fsp3) is 0.547. The molecule has 0 aliphatic rings. The van der Waals surface area contributed by atoms with Crippen molar-refractivity contribution in [2.45, 2.75) is 143 Å². The van der Waals surface area contributed by atoms with Crippen molar-refractivity contribution in [1.82, 2.24) is 0 Å². The molecule has 0 saturated carbocycles. The number of esters is 4. The van der Waals surface area contributed by atoms with Crippen molar-refractivity contribution in [3.8, 4) is 23.0 Å². The molecule has 0 N–H and O–H groups in total. The molecule has 0 amide bonds. The van der Waals surface area contributed by atoms with E-state index in [1.54, 1.807) is 49.6 Å². The fourth-order valence-electron chi connectivity index (χ4n) is 6.65. The summed E-state index contributed by atoms with van der Waals surface area (Å²) in [6.07, 6.45) is 20.8. The molecule has 352 valence electrons. The molecule has 0 heterocycles. The molecule has 0 fully saturated rings. The molecule has 11 nitrogen and oxygen atoms in total. The molecule has 64 heavy (non-hydrogen) atoms. The van der Waals surface area contributed by atoms with Crippen molar-refractivity contribution < 1.29 is 52.3 Å². The summed E-state index contributed by atoms with van der Waals surface area (Å²) < 4.78 is 39.0. The largest absolute Gasteiger partial charge is 0.494 e. The molecule has 3 aromatic carbocycles. The predicted molar refractivity (Wildman–Crippen MR) is 251 cm³/mol. The molecule has 0 atom stereocenters. The molecule has 0 saturated heterocycles. The number of rotatable bonds is 33. The average molecular weight is 887 g/mol. The van der Waals surface area contributed by atoms with Gasteiger partial charge in [-0.15, -0.1) is 0 Å². The maximum Gasteiger partial charge on any atom is 0.343 e. The summed E-state index contributed by atoms with van der Waals surface area (Å²) >= 11 is 0. The Balaban J connectivity index is 1.44. The van der Waals surface area contributed by atoms with Gasteiger partial charge in [0.2, 0.25) is 0 Å². The van der Waals surface area contributed by atoms with E-state index >= 15 is 0 Å². The van der Waals surface area contributed by atoms with Gasteiger partial charge in [-0.05, 0) is 131 Å². The first kappa shape index (κ1) is 53.0. The Hall–Kier alpha value is -5.32. The van der Waals surface area contributed by atoms with Crippen LogP contribution in [0, 0.1) is 5.41 Å². The Morgan fingerprint density at radius 1 is 0.578 bits per heavy atom. The molecular formula is C53H74O11. The van der Waals surface area contributed by atoms with Gasteiger partial charge < -0.3 is 33.2 Å². The minimum atomic E-state index is -0.563. The van der Waals surface area contributed by atoms with E-state index in [0.29, 0.717) is 42.6 Å². The van der Waals surface area contributed by atoms with Gasteiger partial charge in [0, 0.05) is 6.08 Å². The minimum absolute atomic E-state index is 0.115. The molecule has 0 aliphatic heterocycles. The monoisotopic (exact) mass is 887 g/mol. The van der Waals surface area contributed by atoms with Crippen LogP contribution in [0.1, 0.15) is 169 Å². The lowest BCUT2D eigenvalue weighted by Gasteiger charge is -2.20. The molecule has 0 unspecified atom stereocenters. The van der Waals surface area contributed by atoms with Crippen molar-refractivity contribution in [3.63, 3.8) is 0 Å². The second-order valence-electron chi connectivity index (χ2n) is 16.8. The number of aryl methyl sites for hydroxylation is 1. The number of ether oxygens (including phenoxy) is 7. The molecule has 0 aromatic heterocycles. The van der Waals surface area contributed by atoms with Crippen LogP contribution in [0.2, 0.25) is 0 Å². The zero-order valence-electron chi connectivity index (χ0n) is 39.5. The summed E-state index contributed by atoms with van der Waals surface area (Å²) in [5.41, 5.74) is 2.09. The number of hydrogen-bond acceptors (Lipinski definition) is 11. The third kappa shape index (κ3) is 20.5. The Morgan fingerprint density at radius 2 is 1.17 bits per heavy atom. The predicted octanol–water partition coefficient (Wildman–Crippen LogP) is 12.5. The third-order valence-electron chi connectivity index (χ3n) is 11.2. The van der Waals surface area contributed by atoms with Crippen LogP contribution < -0.4 is 18.9 Å². The standard InChI is InChI=1S/C53H74O11/c1-7-9-19-24-41-25-29-43(30-26-41)50(55)64-46-33-31-44(60-35-20-17-18-21-36-61-47-32-27-42(39-48(47)58-5)28-34-49(54)59-6)40-45(46)51(56)62-37-22-15-13-11-10-12-14-16-23-38-63-52(57)53(3,4)8-2/h25-34,39-40H,7-24,35-38H2,1-6H3/b34-28+. The van der Waals surface area contributed by atoms with Gasteiger partial charge in [-0.2, -0.15) is 0 Å². The zero-order chi connectivity index (χ0) is 46.4. The zero-order valence-corrected chi connectivity index (χ0v) is 39.5. The van der Waals surface area contributed by atoms with Crippen molar-refractivity contribution in [1.29, 1.82) is 0 Å². The summed E-state index contributed by atoms with van der Waals surface area (Å²) in [4.78, 5) is 50.2. The van der Waals surface area contributed by atoms with Gasteiger partial charge in [0.05, 0.1) is 51.6 Å². The smallest absolute Gasteiger partial charge is 0.343 e. The quantitative estimate of drug-likeness (QED) is 0.0190. The number of hydrogen-bond donors (Lipinski definition) is 0. The first-order valence-corrected chi connectivity index (χ1v) is 23.5. The second kappa shape index (κ2) is 30.7. The maximum absolute atomic E-state index is 13.5. The molecule has 0 aliphatic carbocycles. The van der Waals surface area contributed by atoms with Gasteiger partial charge in [-0.25, -0.2) is 14.4 Å². The molecule has 0 radical (unpaired) electrons. The Kier molecular flexibility index (Phi) is 25.4. The highest BCUT2D eigenvalue weighted by Gasteiger charge is 2.26. The highest BCUT2D eigenvalue weighted by atomic mass is 16.6. The van der Waals surface area contributed by atoms with E-state index in [2.05, 4.69) is 11.7 Å². The maximum atomic E-state index is 13.5. The Bertz CT molecular complexity index is 1860. The molecular weight excluding hydrogens is 813 g/mol. The second-order valence-corrected chi connectivity index (χ2v) is 16.8. The third-order valence-corrected chi connectivity index (χ3v) is 11.2. The van der Waals surface area contributed by atoms with E-state index in [0.717, 1.165) is 121 Å². The van der Waals surface area contributed by atoms with E-state index in [1.807, 2.05) is 45.0 Å². The number of unbranched alkanes of at least 4 members (excludes halogenated alkanes) is 13.